The SMILES string of the molecule is COc1c(C)cc(C2(c3cc(C)c(OC(C)=O)c(C)c3)c3ccccc3-c3ccccc32)cc1C. The highest BCUT2D eigenvalue weighted by Gasteiger charge is 2.46. The van der Waals surface area contributed by atoms with E-state index in [1.807, 2.05) is 13.8 Å². The Hall–Kier alpha value is -3.85. The Kier molecular flexibility index (Phi) is 5.52. The molecule has 0 fully saturated rings. The summed E-state index contributed by atoms with van der Waals surface area (Å²) < 4.78 is 11.3. The molecule has 4 aromatic rings. The van der Waals surface area contributed by atoms with E-state index in [2.05, 4.69) is 86.6 Å². The number of ether oxygens (including phenoxy) is 2. The molecule has 0 heterocycles. The van der Waals surface area contributed by atoms with E-state index in [9.17, 15) is 4.79 Å². The molecule has 0 spiro atoms. The number of benzene rings is 4. The summed E-state index contributed by atoms with van der Waals surface area (Å²) in [6, 6.07) is 26.3. The second-order valence-corrected chi connectivity index (χ2v) is 9.52. The van der Waals surface area contributed by atoms with Crippen LogP contribution in [-0.2, 0) is 10.2 Å². The van der Waals surface area contributed by atoms with Crippen LogP contribution >= 0.6 is 0 Å². The van der Waals surface area contributed by atoms with Gasteiger partial charge in [-0.15, -0.1) is 0 Å². The molecule has 1 aliphatic carbocycles. The van der Waals surface area contributed by atoms with Gasteiger partial charge in [0, 0.05) is 6.92 Å². The van der Waals surface area contributed by atoms with E-state index in [1.165, 1.54) is 34.7 Å². The standard InChI is InChI=1S/C32H30O3/c1-19-15-24(16-20(2)30(19)34-6)32(25-17-21(3)31(22(4)18-25)35-23(5)33)28-13-9-7-11-26(28)27-12-8-10-14-29(27)32/h7-18H,1-6H3. The van der Waals surface area contributed by atoms with Crippen LogP contribution in [0.4, 0.5) is 0 Å². The number of hydrogen-bond donors (Lipinski definition) is 0. The molecule has 3 nitrogen and oxygen atoms in total. The third-order valence-corrected chi connectivity index (χ3v) is 7.19. The zero-order chi connectivity index (χ0) is 24.9. The van der Waals surface area contributed by atoms with Crippen molar-refractivity contribution in [1.82, 2.24) is 0 Å². The van der Waals surface area contributed by atoms with E-state index in [0.717, 1.165) is 33.6 Å². The van der Waals surface area contributed by atoms with Gasteiger partial charge in [0.15, 0.2) is 0 Å². The van der Waals surface area contributed by atoms with Crippen LogP contribution in [0.25, 0.3) is 11.1 Å². The molecular formula is C32H30O3. The zero-order valence-electron chi connectivity index (χ0n) is 21.2. The normalized spacial score (nSPS) is 13.2. The Bertz CT molecular complexity index is 1390. The van der Waals surface area contributed by atoms with Crippen molar-refractivity contribution in [2.24, 2.45) is 0 Å². The lowest BCUT2D eigenvalue weighted by molar-refractivity contribution is -0.131. The molecule has 35 heavy (non-hydrogen) atoms. The Morgan fingerprint density at radius 3 is 1.46 bits per heavy atom. The van der Waals surface area contributed by atoms with Gasteiger partial charge in [0.05, 0.1) is 12.5 Å². The number of carbonyl (C=O) groups excluding carboxylic acids is 1. The van der Waals surface area contributed by atoms with Gasteiger partial charge in [-0.3, -0.25) is 4.79 Å². The number of methoxy groups -OCH3 is 1. The highest BCUT2D eigenvalue weighted by molar-refractivity contribution is 5.86. The van der Waals surface area contributed by atoms with Crippen LogP contribution in [0.15, 0.2) is 72.8 Å². The van der Waals surface area contributed by atoms with Crippen molar-refractivity contribution in [2.75, 3.05) is 7.11 Å². The van der Waals surface area contributed by atoms with E-state index in [0.29, 0.717) is 5.75 Å². The minimum atomic E-state index is -0.515. The second-order valence-electron chi connectivity index (χ2n) is 9.52. The number of hydrogen-bond acceptors (Lipinski definition) is 3. The quantitative estimate of drug-likeness (QED) is 0.209. The van der Waals surface area contributed by atoms with Crippen molar-refractivity contribution in [3.63, 3.8) is 0 Å². The van der Waals surface area contributed by atoms with Gasteiger partial charge in [0.25, 0.3) is 0 Å². The molecule has 0 amide bonds. The first-order valence-corrected chi connectivity index (χ1v) is 11.9. The molecule has 0 N–H and O–H groups in total. The summed E-state index contributed by atoms with van der Waals surface area (Å²) >= 11 is 0. The van der Waals surface area contributed by atoms with Crippen molar-refractivity contribution < 1.29 is 14.3 Å². The van der Waals surface area contributed by atoms with Gasteiger partial charge in [-0.05, 0) is 83.3 Å². The summed E-state index contributed by atoms with van der Waals surface area (Å²) in [6.07, 6.45) is 0. The molecule has 0 radical (unpaired) electrons. The van der Waals surface area contributed by atoms with Crippen molar-refractivity contribution in [3.8, 4) is 22.6 Å². The number of carbonyl (C=O) groups is 1. The molecular weight excluding hydrogens is 432 g/mol. The van der Waals surface area contributed by atoms with Crippen molar-refractivity contribution >= 4 is 5.97 Å². The predicted octanol–water partition coefficient (Wildman–Crippen LogP) is 7.22. The fourth-order valence-corrected chi connectivity index (χ4v) is 5.98. The maximum absolute atomic E-state index is 11.8. The molecule has 4 aromatic carbocycles. The van der Waals surface area contributed by atoms with Gasteiger partial charge in [0.2, 0.25) is 0 Å². The molecule has 176 valence electrons. The average Bonchev–Trinajstić information content (AvgIpc) is 3.12. The summed E-state index contributed by atoms with van der Waals surface area (Å²) in [5, 5.41) is 0. The van der Waals surface area contributed by atoms with Gasteiger partial charge < -0.3 is 9.47 Å². The smallest absolute Gasteiger partial charge is 0.308 e. The summed E-state index contributed by atoms with van der Waals surface area (Å²) in [7, 11) is 1.73. The maximum Gasteiger partial charge on any atom is 0.308 e. The third kappa shape index (κ3) is 3.37. The molecule has 0 bridgehead atoms. The van der Waals surface area contributed by atoms with Gasteiger partial charge in [-0.1, -0.05) is 72.8 Å². The van der Waals surface area contributed by atoms with Gasteiger partial charge in [0.1, 0.15) is 11.5 Å². The van der Waals surface area contributed by atoms with Gasteiger partial charge >= 0.3 is 5.97 Å². The summed E-state index contributed by atoms with van der Waals surface area (Å²) in [6.45, 7) is 9.69. The molecule has 5 rings (SSSR count). The van der Waals surface area contributed by atoms with E-state index in [4.69, 9.17) is 9.47 Å². The Morgan fingerprint density at radius 1 is 0.657 bits per heavy atom. The minimum Gasteiger partial charge on any atom is -0.496 e. The lowest BCUT2D eigenvalue weighted by atomic mass is 9.66. The second kappa shape index (κ2) is 8.42. The lowest BCUT2D eigenvalue weighted by Gasteiger charge is -2.35. The van der Waals surface area contributed by atoms with Crippen LogP contribution < -0.4 is 9.47 Å². The molecule has 0 aliphatic heterocycles. The first-order chi connectivity index (χ1) is 16.8. The Morgan fingerprint density at radius 2 is 1.06 bits per heavy atom. The molecule has 3 heteroatoms. The number of esters is 1. The number of fused-ring (bicyclic) bond motifs is 3. The predicted molar refractivity (Wildman–Crippen MR) is 141 cm³/mol. The van der Waals surface area contributed by atoms with Crippen LogP contribution in [0.1, 0.15) is 51.4 Å². The molecule has 0 saturated heterocycles. The van der Waals surface area contributed by atoms with Crippen LogP contribution in [-0.4, -0.2) is 13.1 Å². The maximum atomic E-state index is 11.8. The lowest BCUT2D eigenvalue weighted by Crippen LogP contribution is -2.29. The van der Waals surface area contributed by atoms with Crippen molar-refractivity contribution in [2.45, 2.75) is 40.0 Å². The van der Waals surface area contributed by atoms with Gasteiger partial charge in [-0.2, -0.15) is 0 Å². The average molecular weight is 463 g/mol. The van der Waals surface area contributed by atoms with E-state index >= 15 is 0 Å². The molecule has 1 aliphatic rings. The van der Waals surface area contributed by atoms with Crippen molar-refractivity contribution in [1.29, 1.82) is 0 Å². The minimum absolute atomic E-state index is 0.309. The van der Waals surface area contributed by atoms with Crippen LogP contribution in [0.2, 0.25) is 0 Å². The zero-order valence-corrected chi connectivity index (χ0v) is 21.2. The first-order valence-electron chi connectivity index (χ1n) is 11.9. The molecule has 0 unspecified atom stereocenters. The Labute approximate surface area is 207 Å². The molecule has 0 atom stereocenters. The fraction of sp³-hybridized carbons (Fsp3) is 0.219. The van der Waals surface area contributed by atoms with E-state index < -0.39 is 5.41 Å². The molecule has 0 saturated carbocycles. The van der Waals surface area contributed by atoms with Gasteiger partial charge in [-0.25, -0.2) is 0 Å². The number of rotatable bonds is 4. The van der Waals surface area contributed by atoms with E-state index in [1.54, 1.807) is 7.11 Å². The van der Waals surface area contributed by atoms with E-state index in [-0.39, 0.29) is 5.97 Å². The van der Waals surface area contributed by atoms with Crippen LogP contribution in [0.3, 0.4) is 0 Å². The van der Waals surface area contributed by atoms with Crippen LogP contribution in [0.5, 0.6) is 11.5 Å². The largest absolute Gasteiger partial charge is 0.496 e. The highest BCUT2D eigenvalue weighted by atomic mass is 16.5. The summed E-state index contributed by atoms with van der Waals surface area (Å²) in [5.41, 5.74) is 10.9. The van der Waals surface area contributed by atoms with Crippen molar-refractivity contribution in [3.05, 3.63) is 117 Å². The summed E-state index contributed by atoms with van der Waals surface area (Å²) in [4.78, 5) is 11.8. The first kappa shape index (κ1) is 22.9. The topological polar surface area (TPSA) is 35.5 Å². The van der Waals surface area contributed by atoms with Crippen LogP contribution in [0, 0.1) is 27.7 Å². The highest BCUT2D eigenvalue weighted by Crippen LogP contribution is 2.57. The monoisotopic (exact) mass is 462 g/mol. The molecule has 0 aromatic heterocycles. The summed E-state index contributed by atoms with van der Waals surface area (Å²) in [5.74, 6) is 1.25. The third-order valence-electron chi connectivity index (χ3n) is 7.19. The fourth-order valence-electron chi connectivity index (χ4n) is 5.98. The number of aryl methyl sites for hydroxylation is 4. The Balaban J connectivity index is 1.92.